The highest BCUT2D eigenvalue weighted by atomic mass is 35.5. The quantitative estimate of drug-likeness (QED) is 0.827. The van der Waals surface area contributed by atoms with E-state index in [1.807, 2.05) is 0 Å². The number of nitrogens with zero attached hydrogens (tertiary/aromatic N) is 1. The van der Waals surface area contributed by atoms with Crippen LogP contribution in [0.3, 0.4) is 0 Å². The van der Waals surface area contributed by atoms with Gasteiger partial charge in [-0.3, -0.25) is 9.59 Å². The molecule has 7 nitrogen and oxygen atoms in total. The lowest BCUT2D eigenvalue weighted by molar-refractivity contribution is -0.122. The van der Waals surface area contributed by atoms with Crippen LogP contribution >= 0.6 is 11.6 Å². The van der Waals surface area contributed by atoms with Gasteiger partial charge in [0, 0.05) is 29.4 Å². The number of hydrogen-bond acceptors (Lipinski definition) is 4. The SMILES string of the molecule is NS(=O)(=O)c1ccc(NC(=O)C2CC(=O)N(c3ccc(Cl)cc3)C2)cc1. The summed E-state index contributed by atoms with van der Waals surface area (Å²) in [4.78, 5) is 26.1. The van der Waals surface area contributed by atoms with Crippen LogP contribution in [0.2, 0.25) is 5.02 Å². The van der Waals surface area contributed by atoms with Crippen LogP contribution in [0.4, 0.5) is 11.4 Å². The van der Waals surface area contributed by atoms with Crippen LogP contribution in [0.1, 0.15) is 6.42 Å². The first-order chi connectivity index (χ1) is 12.2. The van der Waals surface area contributed by atoms with Crippen molar-refractivity contribution < 1.29 is 18.0 Å². The summed E-state index contributed by atoms with van der Waals surface area (Å²) in [6.45, 7) is 0.265. The molecular formula is C17H16ClN3O4S. The molecule has 1 heterocycles. The van der Waals surface area contributed by atoms with E-state index in [0.29, 0.717) is 16.4 Å². The van der Waals surface area contributed by atoms with Crippen molar-refractivity contribution in [3.8, 4) is 0 Å². The fraction of sp³-hybridized carbons (Fsp3) is 0.176. The number of anilines is 2. The van der Waals surface area contributed by atoms with Crippen LogP contribution < -0.4 is 15.4 Å². The monoisotopic (exact) mass is 393 g/mol. The molecule has 0 aromatic heterocycles. The molecule has 1 saturated heterocycles. The molecule has 1 aliphatic rings. The number of benzene rings is 2. The minimum atomic E-state index is -3.79. The Hall–Kier alpha value is -2.42. The van der Waals surface area contributed by atoms with Gasteiger partial charge in [-0.05, 0) is 48.5 Å². The summed E-state index contributed by atoms with van der Waals surface area (Å²) in [5.41, 5.74) is 1.12. The molecule has 3 rings (SSSR count). The fourth-order valence-electron chi connectivity index (χ4n) is 2.73. The summed E-state index contributed by atoms with van der Waals surface area (Å²) < 4.78 is 22.5. The van der Waals surface area contributed by atoms with Crippen molar-refractivity contribution >= 4 is 44.8 Å². The smallest absolute Gasteiger partial charge is 0.238 e. The maximum Gasteiger partial charge on any atom is 0.238 e. The predicted molar refractivity (Wildman–Crippen MR) is 98.4 cm³/mol. The number of halogens is 1. The Kier molecular flexibility index (Phi) is 4.99. The van der Waals surface area contributed by atoms with Crippen LogP contribution in [0.5, 0.6) is 0 Å². The molecule has 1 fully saturated rings. The Labute approximate surface area is 155 Å². The summed E-state index contributed by atoms with van der Waals surface area (Å²) in [6, 6.07) is 12.3. The van der Waals surface area contributed by atoms with Gasteiger partial charge in [0.1, 0.15) is 0 Å². The average Bonchev–Trinajstić information content (AvgIpc) is 2.97. The lowest BCUT2D eigenvalue weighted by Gasteiger charge is -2.16. The van der Waals surface area contributed by atoms with Crippen molar-refractivity contribution in [1.82, 2.24) is 0 Å². The summed E-state index contributed by atoms with van der Waals surface area (Å²) in [5.74, 6) is -0.952. The number of carbonyl (C=O) groups is 2. The van der Waals surface area contributed by atoms with Gasteiger partial charge in [-0.25, -0.2) is 13.6 Å². The number of sulfonamides is 1. The number of nitrogens with one attached hydrogen (secondary N) is 1. The first-order valence-electron chi connectivity index (χ1n) is 7.74. The predicted octanol–water partition coefficient (Wildman–Crippen LogP) is 1.98. The van der Waals surface area contributed by atoms with Crippen LogP contribution in [-0.4, -0.2) is 26.8 Å². The highest BCUT2D eigenvalue weighted by molar-refractivity contribution is 7.89. The number of nitrogens with two attached hydrogens (primary N) is 1. The first-order valence-corrected chi connectivity index (χ1v) is 9.66. The zero-order valence-electron chi connectivity index (χ0n) is 13.6. The molecule has 2 amide bonds. The van der Waals surface area contributed by atoms with Crippen molar-refractivity contribution in [2.24, 2.45) is 11.1 Å². The Bertz CT molecular complexity index is 943. The third-order valence-electron chi connectivity index (χ3n) is 4.08. The Morgan fingerprint density at radius 2 is 1.73 bits per heavy atom. The molecule has 1 unspecified atom stereocenters. The molecule has 0 radical (unpaired) electrons. The van der Waals surface area contributed by atoms with Gasteiger partial charge in [-0.1, -0.05) is 11.6 Å². The van der Waals surface area contributed by atoms with Crippen LogP contribution in [0, 0.1) is 5.92 Å². The van der Waals surface area contributed by atoms with E-state index in [4.69, 9.17) is 16.7 Å². The molecule has 26 heavy (non-hydrogen) atoms. The van der Waals surface area contributed by atoms with Gasteiger partial charge in [0.25, 0.3) is 0 Å². The van der Waals surface area contributed by atoms with E-state index in [1.165, 1.54) is 24.3 Å². The minimum absolute atomic E-state index is 0.0412. The highest BCUT2D eigenvalue weighted by Gasteiger charge is 2.35. The van der Waals surface area contributed by atoms with E-state index in [2.05, 4.69) is 5.32 Å². The second-order valence-electron chi connectivity index (χ2n) is 5.94. The fourth-order valence-corrected chi connectivity index (χ4v) is 3.37. The number of primary sulfonamides is 1. The van der Waals surface area contributed by atoms with Gasteiger partial charge in [0.15, 0.2) is 0 Å². The summed E-state index contributed by atoms with van der Waals surface area (Å²) in [7, 11) is -3.79. The third kappa shape index (κ3) is 4.04. The molecule has 1 atom stereocenters. The minimum Gasteiger partial charge on any atom is -0.326 e. The van der Waals surface area contributed by atoms with Crippen molar-refractivity contribution in [3.63, 3.8) is 0 Å². The van der Waals surface area contributed by atoms with E-state index in [9.17, 15) is 18.0 Å². The Morgan fingerprint density at radius 1 is 1.12 bits per heavy atom. The molecule has 9 heteroatoms. The zero-order valence-corrected chi connectivity index (χ0v) is 15.1. The number of amides is 2. The summed E-state index contributed by atoms with van der Waals surface area (Å²) in [6.07, 6.45) is 0.101. The topological polar surface area (TPSA) is 110 Å². The van der Waals surface area contributed by atoms with E-state index < -0.39 is 15.9 Å². The van der Waals surface area contributed by atoms with Gasteiger partial charge in [-0.15, -0.1) is 0 Å². The second-order valence-corrected chi connectivity index (χ2v) is 7.94. The number of hydrogen-bond donors (Lipinski definition) is 2. The van der Waals surface area contributed by atoms with Crippen LogP contribution in [-0.2, 0) is 19.6 Å². The summed E-state index contributed by atoms with van der Waals surface area (Å²) in [5, 5.41) is 8.29. The van der Waals surface area contributed by atoms with Crippen molar-refractivity contribution in [2.75, 3.05) is 16.8 Å². The average molecular weight is 394 g/mol. The molecule has 3 N–H and O–H groups in total. The molecule has 2 aromatic carbocycles. The van der Waals surface area contributed by atoms with E-state index in [0.717, 1.165) is 0 Å². The van der Waals surface area contributed by atoms with Crippen molar-refractivity contribution in [2.45, 2.75) is 11.3 Å². The molecule has 0 spiro atoms. The van der Waals surface area contributed by atoms with Crippen LogP contribution in [0.25, 0.3) is 0 Å². The molecule has 0 aliphatic carbocycles. The molecule has 0 saturated carbocycles. The zero-order chi connectivity index (χ0) is 18.9. The number of carbonyl (C=O) groups excluding carboxylic acids is 2. The molecule has 136 valence electrons. The highest BCUT2D eigenvalue weighted by Crippen LogP contribution is 2.27. The van der Waals surface area contributed by atoms with Crippen LogP contribution in [0.15, 0.2) is 53.4 Å². The maximum atomic E-state index is 12.4. The van der Waals surface area contributed by atoms with Crippen molar-refractivity contribution in [1.29, 1.82) is 0 Å². The van der Waals surface area contributed by atoms with Gasteiger partial charge >= 0.3 is 0 Å². The van der Waals surface area contributed by atoms with Gasteiger partial charge in [-0.2, -0.15) is 0 Å². The Balaban J connectivity index is 1.67. The number of rotatable bonds is 4. The summed E-state index contributed by atoms with van der Waals surface area (Å²) >= 11 is 5.85. The van der Waals surface area contributed by atoms with E-state index in [-0.39, 0.29) is 29.7 Å². The van der Waals surface area contributed by atoms with E-state index >= 15 is 0 Å². The molecule has 1 aliphatic heterocycles. The lowest BCUT2D eigenvalue weighted by Crippen LogP contribution is -2.28. The first kappa shape index (κ1) is 18.4. The van der Waals surface area contributed by atoms with E-state index in [1.54, 1.807) is 29.2 Å². The van der Waals surface area contributed by atoms with Gasteiger partial charge in [0.2, 0.25) is 21.8 Å². The van der Waals surface area contributed by atoms with Gasteiger partial charge < -0.3 is 10.2 Å². The second kappa shape index (κ2) is 7.06. The standard InChI is InChI=1S/C17H16ClN3O4S/c18-12-1-5-14(6-2-12)21-10-11(9-16(21)22)17(23)20-13-3-7-15(8-4-13)26(19,24)25/h1-8,11H,9-10H2,(H,20,23)(H2,19,24,25). The maximum absolute atomic E-state index is 12.4. The van der Waals surface area contributed by atoms with Crippen molar-refractivity contribution in [3.05, 3.63) is 53.6 Å². The Morgan fingerprint density at radius 3 is 2.31 bits per heavy atom. The molecule has 0 bridgehead atoms. The lowest BCUT2D eigenvalue weighted by atomic mass is 10.1. The normalized spacial score (nSPS) is 17.4. The largest absolute Gasteiger partial charge is 0.326 e. The molecule has 2 aromatic rings. The third-order valence-corrected chi connectivity index (χ3v) is 5.27. The molecular weight excluding hydrogens is 378 g/mol. The van der Waals surface area contributed by atoms with Gasteiger partial charge in [0.05, 0.1) is 10.8 Å².